The number of aliphatic carboxylic acids is 1. The van der Waals surface area contributed by atoms with Crippen molar-refractivity contribution in [1.82, 2.24) is 0 Å². The molecule has 0 rings (SSSR count). The third kappa shape index (κ3) is 7.31. The Kier molecular flexibility index (Phi) is 7.24. The minimum absolute atomic E-state index is 0.0470. The highest BCUT2D eigenvalue weighted by Gasteiger charge is 2.37. The minimum Gasteiger partial charge on any atom is -0.481 e. The molecule has 0 aromatic carbocycles. The summed E-state index contributed by atoms with van der Waals surface area (Å²) in [6.45, 7) is 16.6. The van der Waals surface area contributed by atoms with Crippen molar-refractivity contribution in [2.45, 2.75) is 66.1 Å². The van der Waals surface area contributed by atoms with Crippen molar-refractivity contribution in [3.8, 4) is 0 Å². The van der Waals surface area contributed by atoms with Gasteiger partial charge in [0.25, 0.3) is 0 Å². The first-order valence-corrected chi connectivity index (χ1v) is 10.9. The van der Waals surface area contributed by atoms with Crippen molar-refractivity contribution in [2.75, 3.05) is 6.61 Å². The van der Waals surface area contributed by atoms with Gasteiger partial charge in [-0.2, -0.15) is 0 Å². The summed E-state index contributed by atoms with van der Waals surface area (Å²) >= 11 is 0. The second-order valence-corrected chi connectivity index (χ2v) is 13.6. The maximum absolute atomic E-state index is 11.7. The third-order valence-electron chi connectivity index (χ3n) is 4.33. The van der Waals surface area contributed by atoms with E-state index in [9.17, 15) is 14.7 Å². The molecule has 1 unspecified atom stereocenters. The summed E-state index contributed by atoms with van der Waals surface area (Å²) in [5.41, 5.74) is 5.32. The molecule has 5 nitrogen and oxygen atoms in total. The van der Waals surface area contributed by atoms with Gasteiger partial charge in [0.1, 0.15) is 0 Å². The van der Waals surface area contributed by atoms with Crippen molar-refractivity contribution in [1.29, 1.82) is 0 Å². The van der Waals surface area contributed by atoms with E-state index in [2.05, 4.69) is 33.9 Å². The lowest BCUT2D eigenvalue weighted by Gasteiger charge is -2.35. The van der Waals surface area contributed by atoms with Crippen LogP contribution in [0.2, 0.25) is 18.1 Å². The van der Waals surface area contributed by atoms with Crippen LogP contribution in [0.5, 0.6) is 0 Å². The summed E-state index contributed by atoms with van der Waals surface area (Å²) in [6.07, 6.45) is 1.89. The molecule has 0 aromatic heterocycles. The molecule has 0 aliphatic rings. The van der Waals surface area contributed by atoms with Crippen LogP contribution < -0.4 is 5.73 Å². The number of carbonyl (C=O) groups excluding carboxylic acids is 1. The smallest absolute Gasteiger partial charge is 0.311 e. The molecule has 1 amide bonds. The van der Waals surface area contributed by atoms with Crippen molar-refractivity contribution >= 4 is 20.2 Å². The number of nitrogens with two attached hydrogens (primary N) is 1. The first kappa shape index (κ1) is 21.9. The van der Waals surface area contributed by atoms with Crippen LogP contribution in [0, 0.1) is 11.3 Å². The maximum atomic E-state index is 11.7. The van der Waals surface area contributed by atoms with E-state index in [1.165, 1.54) is 0 Å². The molecule has 0 heterocycles. The number of carbonyl (C=O) groups is 2. The van der Waals surface area contributed by atoms with E-state index in [-0.39, 0.29) is 22.6 Å². The van der Waals surface area contributed by atoms with E-state index in [1.54, 1.807) is 6.08 Å². The van der Waals surface area contributed by atoms with E-state index < -0.39 is 26.1 Å². The average Bonchev–Trinajstić information content (AvgIpc) is 2.28. The molecule has 0 aromatic rings. The fourth-order valence-corrected chi connectivity index (χ4v) is 2.85. The number of carboxylic acid groups (broad SMARTS) is 1. The highest BCUT2D eigenvalue weighted by molar-refractivity contribution is 6.74. The normalized spacial score (nSPS) is 15.4. The Morgan fingerprint density at radius 3 is 1.96 bits per heavy atom. The Labute approximate surface area is 141 Å². The molecular weight excluding hydrogens is 310 g/mol. The molecular formula is C17H33NO4Si. The quantitative estimate of drug-likeness (QED) is 0.546. The Hall–Kier alpha value is -1.14. The molecule has 1 atom stereocenters. The molecule has 0 aliphatic heterocycles. The molecule has 0 saturated carbocycles. The van der Waals surface area contributed by atoms with E-state index in [4.69, 9.17) is 10.2 Å². The molecule has 0 bridgehead atoms. The van der Waals surface area contributed by atoms with Crippen LogP contribution in [0.1, 0.15) is 48.0 Å². The number of carboxylic acids is 1. The van der Waals surface area contributed by atoms with Crippen LogP contribution in [0.4, 0.5) is 0 Å². The lowest BCUT2D eigenvalue weighted by atomic mass is 9.81. The zero-order chi connectivity index (χ0) is 18.6. The van der Waals surface area contributed by atoms with Gasteiger partial charge in [-0.25, -0.2) is 0 Å². The van der Waals surface area contributed by atoms with Gasteiger partial charge >= 0.3 is 5.97 Å². The van der Waals surface area contributed by atoms with Crippen LogP contribution in [0.15, 0.2) is 11.6 Å². The molecule has 0 radical (unpaired) electrons. The molecule has 6 heteroatoms. The Morgan fingerprint density at radius 2 is 1.65 bits per heavy atom. The van der Waals surface area contributed by atoms with E-state index in [0.717, 1.165) is 0 Å². The van der Waals surface area contributed by atoms with Gasteiger partial charge in [0.15, 0.2) is 8.32 Å². The standard InChI is InChI=1S/C17H33NO4Si/c1-16(2,3)11-13(15(20)21)12(14(18)19)9-10-22-23(7,8)17(4,5)6/h9,13H,10-11H2,1-8H3,(H2,18,19)(H,20,21). The van der Waals surface area contributed by atoms with Crippen molar-refractivity contribution in [2.24, 2.45) is 17.1 Å². The predicted octanol–water partition coefficient (Wildman–Crippen LogP) is 3.56. The Bertz CT molecular complexity index is 470. The third-order valence-corrected chi connectivity index (χ3v) is 8.83. The number of primary amides is 1. The molecule has 0 aliphatic carbocycles. The van der Waals surface area contributed by atoms with Gasteiger partial charge in [0.05, 0.1) is 12.5 Å². The molecule has 134 valence electrons. The van der Waals surface area contributed by atoms with Gasteiger partial charge in [0, 0.05) is 5.57 Å². The van der Waals surface area contributed by atoms with Gasteiger partial charge in [-0.15, -0.1) is 0 Å². The van der Waals surface area contributed by atoms with Gasteiger partial charge in [-0.1, -0.05) is 47.6 Å². The second kappa shape index (κ2) is 7.62. The lowest BCUT2D eigenvalue weighted by Crippen LogP contribution is -2.41. The number of rotatable bonds is 7. The molecule has 0 spiro atoms. The average molecular weight is 344 g/mol. The van der Waals surface area contributed by atoms with Gasteiger partial charge in [0.2, 0.25) is 5.91 Å². The summed E-state index contributed by atoms with van der Waals surface area (Å²) in [7, 11) is -1.96. The van der Waals surface area contributed by atoms with Crippen LogP contribution in [-0.2, 0) is 14.0 Å². The minimum atomic E-state index is -1.96. The van der Waals surface area contributed by atoms with Crippen LogP contribution in [0.25, 0.3) is 0 Å². The van der Waals surface area contributed by atoms with Crippen LogP contribution in [0.3, 0.4) is 0 Å². The zero-order valence-corrected chi connectivity index (χ0v) is 16.8. The topological polar surface area (TPSA) is 89.6 Å². The zero-order valence-electron chi connectivity index (χ0n) is 15.8. The van der Waals surface area contributed by atoms with Gasteiger partial charge < -0.3 is 15.3 Å². The SMILES string of the molecule is CC(C)(C)CC(C(=O)O)C(=CCO[Si](C)(C)C(C)(C)C)C(N)=O. The first-order valence-electron chi connectivity index (χ1n) is 7.95. The number of hydrogen-bond acceptors (Lipinski definition) is 3. The van der Waals surface area contributed by atoms with Crippen molar-refractivity contribution < 1.29 is 19.1 Å². The highest BCUT2D eigenvalue weighted by Crippen LogP contribution is 2.36. The van der Waals surface area contributed by atoms with E-state index in [0.29, 0.717) is 6.42 Å². The fraction of sp³-hybridized carbons (Fsp3) is 0.765. The molecule has 0 saturated heterocycles. The van der Waals surface area contributed by atoms with Gasteiger partial charge in [-0.05, 0) is 30.0 Å². The van der Waals surface area contributed by atoms with Gasteiger partial charge in [-0.3, -0.25) is 9.59 Å². The van der Waals surface area contributed by atoms with Crippen molar-refractivity contribution in [3.63, 3.8) is 0 Å². The largest absolute Gasteiger partial charge is 0.481 e. The summed E-state index contributed by atoms with van der Waals surface area (Å²) in [5, 5.41) is 9.51. The summed E-state index contributed by atoms with van der Waals surface area (Å²) < 4.78 is 6.00. The van der Waals surface area contributed by atoms with Crippen molar-refractivity contribution in [3.05, 3.63) is 11.6 Å². The summed E-state index contributed by atoms with van der Waals surface area (Å²) in [6, 6.07) is 0. The lowest BCUT2D eigenvalue weighted by molar-refractivity contribution is -0.142. The summed E-state index contributed by atoms with van der Waals surface area (Å²) in [5.74, 6) is -2.63. The number of amides is 1. The predicted molar refractivity (Wildman–Crippen MR) is 95.6 cm³/mol. The number of hydrogen-bond donors (Lipinski definition) is 2. The van der Waals surface area contributed by atoms with Crippen LogP contribution >= 0.6 is 0 Å². The van der Waals surface area contributed by atoms with E-state index in [1.807, 2.05) is 20.8 Å². The van der Waals surface area contributed by atoms with E-state index >= 15 is 0 Å². The molecule has 0 fully saturated rings. The Balaban J connectivity index is 5.31. The first-order chi connectivity index (χ1) is 10.1. The highest BCUT2D eigenvalue weighted by atomic mass is 28.4. The monoisotopic (exact) mass is 343 g/mol. The molecule has 3 N–H and O–H groups in total. The Morgan fingerprint density at radius 1 is 1.17 bits per heavy atom. The summed E-state index contributed by atoms with van der Waals surface area (Å²) in [4.78, 5) is 23.3. The fourth-order valence-electron chi connectivity index (χ4n) is 1.91. The molecule has 23 heavy (non-hydrogen) atoms. The van der Waals surface area contributed by atoms with Crippen LogP contribution in [-0.4, -0.2) is 31.9 Å². The maximum Gasteiger partial charge on any atom is 0.311 e. The second-order valence-electron chi connectivity index (χ2n) is 8.75.